The molecule has 6 rings (SSSR count). The van der Waals surface area contributed by atoms with Crippen LogP contribution in [0.4, 0.5) is 5.69 Å². The number of ketones is 1. The molecule has 0 amide bonds. The predicted molar refractivity (Wildman–Crippen MR) is 167 cm³/mol. The molecule has 4 aliphatic carbocycles. The Morgan fingerprint density at radius 1 is 1.00 bits per heavy atom. The molecule has 2 saturated carbocycles. The fourth-order valence-electron chi connectivity index (χ4n) is 8.32. The van der Waals surface area contributed by atoms with E-state index >= 15 is 0 Å². The standard InChI is InChI=1S/C36H41NO4S/c1-35-23-32(25-9-12-27(13-10-25)37(2)3)34-30-18-14-28(38)22-26(30)11-17-31(34)33(35)19-21-36(35,39)20-5-6-24-7-15-29(16-8-24)42(4,40)41/h7-10,12-13,15-16,22,31-33,39H,6,11,14,17-19,21,23H2,1-4H3/t31-,32+,33-,35-,36-/m0/s1. The maximum Gasteiger partial charge on any atom is 0.175 e. The highest BCUT2D eigenvalue weighted by Gasteiger charge is 2.62. The van der Waals surface area contributed by atoms with Gasteiger partial charge in [0.2, 0.25) is 0 Å². The summed E-state index contributed by atoms with van der Waals surface area (Å²) in [6.45, 7) is 2.26. The van der Waals surface area contributed by atoms with Crippen LogP contribution in [0.1, 0.15) is 68.9 Å². The molecule has 0 spiro atoms. The van der Waals surface area contributed by atoms with Crippen LogP contribution in [0, 0.1) is 29.1 Å². The Morgan fingerprint density at radius 3 is 2.38 bits per heavy atom. The normalized spacial score (nSPS) is 30.5. The lowest BCUT2D eigenvalue weighted by atomic mass is 9.51. The number of rotatable bonds is 4. The van der Waals surface area contributed by atoms with E-state index in [9.17, 15) is 18.3 Å². The van der Waals surface area contributed by atoms with E-state index in [-0.39, 0.29) is 17.1 Å². The Morgan fingerprint density at radius 2 is 1.71 bits per heavy atom. The third-order valence-electron chi connectivity index (χ3n) is 10.6. The quantitative estimate of drug-likeness (QED) is 0.445. The molecule has 0 saturated heterocycles. The molecule has 1 N–H and O–H groups in total. The molecule has 0 aromatic heterocycles. The first-order valence-electron chi connectivity index (χ1n) is 15.1. The fraction of sp³-hybridized carbons (Fsp3) is 0.472. The first-order valence-corrected chi connectivity index (χ1v) is 17.0. The second kappa shape index (κ2) is 10.5. The maximum atomic E-state index is 12.3. The molecule has 220 valence electrons. The van der Waals surface area contributed by atoms with Gasteiger partial charge in [-0.2, -0.15) is 0 Å². The zero-order chi connectivity index (χ0) is 29.9. The van der Waals surface area contributed by atoms with Crippen LogP contribution in [0.25, 0.3) is 0 Å². The highest BCUT2D eigenvalue weighted by atomic mass is 32.2. The lowest BCUT2D eigenvalue weighted by Gasteiger charge is -2.53. The fourth-order valence-corrected chi connectivity index (χ4v) is 8.95. The van der Waals surface area contributed by atoms with E-state index in [1.54, 1.807) is 12.1 Å². The van der Waals surface area contributed by atoms with Gasteiger partial charge in [0, 0.05) is 50.2 Å². The van der Waals surface area contributed by atoms with Gasteiger partial charge in [0.25, 0.3) is 0 Å². The minimum atomic E-state index is -3.24. The Bertz CT molecular complexity index is 1640. The lowest BCUT2D eigenvalue weighted by molar-refractivity contribution is -0.114. The lowest BCUT2D eigenvalue weighted by Crippen LogP contribution is -2.51. The van der Waals surface area contributed by atoms with Gasteiger partial charge in [-0.25, -0.2) is 8.42 Å². The summed E-state index contributed by atoms with van der Waals surface area (Å²) in [5, 5.41) is 12.3. The van der Waals surface area contributed by atoms with E-state index in [4.69, 9.17) is 0 Å². The van der Waals surface area contributed by atoms with Crippen molar-refractivity contribution < 1.29 is 18.3 Å². The largest absolute Gasteiger partial charge is 0.378 e. The number of carbonyl (C=O) groups excluding carboxylic acids is 1. The van der Waals surface area contributed by atoms with Crippen LogP contribution in [0.3, 0.4) is 0 Å². The van der Waals surface area contributed by atoms with Crippen molar-refractivity contribution in [1.29, 1.82) is 0 Å². The average molecular weight is 584 g/mol. The van der Waals surface area contributed by atoms with Crippen LogP contribution in [0.5, 0.6) is 0 Å². The SMILES string of the molecule is CN(C)c1ccc([C@H]2C[C@@]3(C)[C@@H](CC[C@@]3(O)C#CCc3ccc(S(C)(=O)=O)cc3)[C@@H]3CCC4=CC(=O)CCC4=C32)cc1. The van der Waals surface area contributed by atoms with E-state index in [1.165, 1.54) is 28.5 Å². The summed E-state index contributed by atoms with van der Waals surface area (Å²) in [4.78, 5) is 14.7. The second-order valence-corrected chi connectivity index (χ2v) is 15.3. The van der Waals surface area contributed by atoms with Gasteiger partial charge in [-0.05, 0) is 103 Å². The minimum absolute atomic E-state index is 0.175. The number of allylic oxidation sites excluding steroid dienone is 4. The second-order valence-electron chi connectivity index (χ2n) is 13.3. The molecule has 5 atom stereocenters. The molecule has 5 nitrogen and oxygen atoms in total. The van der Waals surface area contributed by atoms with E-state index in [1.807, 2.05) is 18.2 Å². The molecular formula is C36H41NO4S. The van der Waals surface area contributed by atoms with Gasteiger partial charge in [-0.15, -0.1) is 0 Å². The van der Waals surface area contributed by atoms with Crippen molar-refractivity contribution >= 4 is 21.3 Å². The molecule has 2 aromatic carbocycles. The van der Waals surface area contributed by atoms with Gasteiger partial charge in [-0.1, -0.05) is 48.6 Å². The van der Waals surface area contributed by atoms with Crippen LogP contribution < -0.4 is 4.90 Å². The molecule has 2 fully saturated rings. The molecular weight excluding hydrogens is 542 g/mol. The summed E-state index contributed by atoms with van der Waals surface area (Å²) in [6.07, 6.45) is 9.35. The van der Waals surface area contributed by atoms with Gasteiger partial charge in [0.05, 0.1) is 4.90 Å². The van der Waals surface area contributed by atoms with Gasteiger partial charge in [0.15, 0.2) is 15.6 Å². The molecule has 0 radical (unpaired) electrons. The van der Waals surface area contributed by atoms with Crippen LogP contribution in [0.2, 0.25) is 0 Å². The first kappa shape index (κ1) is 29.0. The van der Waals surface area contributed by atoms with Crippen molar-refractivity contribution in [3.63, 3.8) is 0 Å². The molecule has 2 aromatic rings. The molecule has 4 aliphatic rings. The number of carbonyl (C=O) groups is 1. The van der Waals surface area contributed by atoms with Crippen LogP contribution in [-0.2, 0) is 21.1 Å². The van der Waals surface area contributed by atoms with E-state index in [2.05, 4.69) is 62.0 Å². The van der Waals surface area contributed by atoms with E-state index in [0.29, 0.717) is 36.0 Å². The van der Waals surface area contributed by atoms with Crippen molar-refractivity contribution in [2.45, 2.75) is 74.7 Å². The number of sulfone groups is 1. The molecule has 0 bridgehead atoms. The predicted octanol–water partition coefficient (Wildman–Crippen LogP) is 6.03. The van der Waals surface area contributed by atoms with Crippen molar-refractivity contribution in [2.24, 2.45) is 17.3 Å². The Labute approximate surface area is 250 Å². The minimum Gasteiger partial charge on any atom is -0.378 e. The zero-order valence-corrected chi connectivity index (χ0v) is 25.9. The summed E-state index contributed by atoms with van der Waals surface area (Å²) in [5.41, 5.74) is 6.08. The summed E-state index contributed by atoms with van der Waals surface area (Å²) < 4.78 is 23.7. The summed E-state index contributed by atoms with van der Waals surface area (Å²) in [5.74, 6) is 7.77. The highest BCUT2D eigenvalue weighted by molar-refractivity contribution is 7.90. The van der Waals surface area contributed by atoms with Crippen LogP contribution in [-0.4, -0.2) is 45.3 Å². The Hall–Kier alpha value is -3.14. The van der Waals surface area contributed by atoms with Gasteiger partial charge in [0.1, 0.15) is 5.60 Å². The van der Waals surface area contributed by atoms with Crippen molar-refractivity contribution in [2.75, 3.05) is 25.3 Å². The van der Waals surface area contributed by atoms with Crippen molar-refractivity contribution in [3.8, 4) is 11.8 Å². The highest BCUT2D eigenvalue weighted by Crippen LogP contribution is 2.66. The third-order valence-corrected chi connectivity index (χ3v) is 11.8. The van der Waals surface area contributed by atoms with Crippen molar-refractivity contribution in [1.82, 2.24) is 0 Å². The molecule has 0 heterocycles. The summed E-state index contributed by atoms with van der Waals surface area (Å²) >= 11 is 0. The third kappa shape index (κ3) is 4.95. The topological polar surface area (TPSA) is 74.7 Å². The number of benzene rings is 2. The number of anilines is 1. The first-order chi connectivity index (χ1) is 19.9. The van der Waals surface area contributed by atoms with Crippen molar-refractivity contribution in [3.05, 3.63) is 82.5 Å². The number of hydrogen-bond donors (Lipinski definition) is 1. The molecule has 6 heteroatoms. The zero-order valence-electron chi connectivity index (χ0n) is 25.1. The smallest absolute Gasteiger partial charge is 0.175 e. The Kier molecular flexibility index (Phi) is 7.27. The Balaban J connectivity index is 1.36. The van der Waals surface area contributed by atoms with Gasteiger partial charge < -0.3 is 10.0 Å². The number of hydrogen-bond acceptors (Lipinski definition) is 5. The average Bonchev–Trinajstić information content (AvgIpc) is 3.22. The van der Waals surface area contributed by atoms with E-state index < -0.39 is 15.4 Å². The van der Waals surface area contributed by atoms with Gasteiger partial charge >= 0.3 is 0 Å². The molecule has 0 unspecified atom stereocenters. The number of nitrogens with zero attached hydrogens (tertiary/aromatic N) is 1. The van der Waals surface area contributed by atoms with E-state index in [0.717, 1.165) is 43.4 Å². The maximum absolute atomic E-state index is 12.3. The molecule has 42 heavy (non-hydrogen) atoms. The number of aliphatic hydroxyl groups is 1. The monoisotopic (exact) mass is 583 g/mol. The molecule has 0 aliphatic heterocycles. The summed E-state index contributed by atoms with van der Waals surface area (Å²) in [6, 6.07) is 15.7. The summed E-state index contributed by atoms with van der Waals surface area (Å²) in [7, 11) is 0.862. The number of fused-ring (bicyclic) bond motifs is 4. The van der Waals surface area contributed by atoms with Gasteiger partial charge in [-0.3, -0.25) is 4.79 Å². The van der Waals surface area contributed by atoms with Crippen LogP contribution >= 0.6 is 0 Å². The van der Waals surface area contributed by atoms with Crippen LogP contribution in [0.15, 0.2) is 76.2 Å².